The number of nitrogens with zero attached hydrogens (tertiary/aromatic N) is 3. The minimum atomic E-state index is -0.0976. The zero-order chi connectivity index (χ0) is 25.6. The Hall–Kier alpha value is -4.23. The molecule has 3 aromatic carbocycles. The first-order valence-corrected chi connectivity index (χ1v) is 12.8. The van der Waals surface area contributed by atoms with E-state index in [9.17, 15) is 4.79 Å². The molecule has 7 heteroatoms. The van der Waals surface area contributed by atoms with Gasteiger partial charge in [0.1, 0.15) is 21.7 Å². The summed E-state index contributed by atoms with van der Waals surface area (Å²) >= 11 is 1.41. The van der Waals surface area contributed by atoms with Crippen LogP contribution in [-0.4, -0.2) is 30.1 Å². The largest absolute Gasteiger partial charge is 0.495 e. The maximum absolute atomic E-state index is 14.1. The number of ether oxygens (including phenoxy) is 2. The van der Waals surface area contributed by atoms with E-state index < -0.39 is 0 Å². The summed E-state index contributed by atoms with van der Waals surface area (Å²) in [5, 5.41) is 0.577. The Morgan fingerprint density at radius 3 is 2.05 bits per heavy atom. The SMILES string of the molecule is COc1ccc(OC)c2sc(N(Cc3ccccn3)C(=O)CC(c3ccccc3)c3ccccc3)nc12. The van der Waals surface area contributed by atoms with E-state index in [4.69, 9.17) is 14.5 Å². The Morgan fingerprint density at radius 2 is 1.46 bits per heavy atom. The average molecular weight is 510 g/mol. The quantitative estimate of drug-likeness (QED) is 0.228. The van der Waals surface area contributed by atoms with Gasteiger partial charge in [-0.2, -0.15) is 0 Å². The lowest BCUT2D eigenvalue weighted by Gasteiger charge is -2.24. The van der Waals surface area contributed by atoms with Crippen molar-refractivity contribution in [1.82, 2.24) is 9.97 Å². The number of hydrogen-bond acceptors (Lipinski definition) is 6. The van der Waals surface area contributed by atoms with E-state index >= 15 is 0 Å². The molecule has 2 aromatic heterocycles. The van der Waals surface area contributed by atoms with Crippen molar-refractivity contribution >= 4 is 32.6 Å². The molecule has 37 heavy (non-hydrogen) atoms. The van der Waals surface area contributed by atoms with Crippen molar-refractivity contribution in [3.63, 3.8) is 0 Å². The Bertz CT molecular complexity index is 1390. The number of carbonyl (C=O) groups excluding carboxylic acids is 1. The maximum atomic E-state index is 14.1. The van der Waals surface area contributed by atoms with Crippen molar-refractivity contribution in [2.45, 2.75) is 18.9 Å². The standard InChI is InChI=1S/C30H27N3O3S/c1-35-25-16-17-26(36-2)29-28(25)32-30(37-29)33(20-23-15-9-10-18-31-23)27(34)19-24(21-11-5-3-6-12-21)22-13-7-4-8-14-22/h3-18,24H,19-20H2,1-2H3. The summed E-state index contributed by atoms with van der Waals surface area (Å²) in [5.41, 5.74) is 3.63. The third kappa shape index (κ3) is 5.32. The number of rotatable bonds is 9. The molecular formula is C30H27N3O3S. The number of benzene rings is 3. The predicted octanol–water partition coefficient (Wildman–Crippen LogP) is 6.46. The number of anilines is 1. The highest BCUT2D eigenvalue weighted by molar-refractivity contribution is 7.22. The molecule has 2 heterocycles. The third-order valence-corrected chi connectivity index (χ3v) is 7.35. The van der Waals surface area contributed by atoms with Gasteiger partial charge in [0.05, 0.1) is 26.5 Å². The van der Waals surface area contributed by atoms with Crippen molar-refractivity contribution in [3.05, 3.63) is 114 Å². The molecule has 0 unspecified atom stereocenters. The minimum Gasteiger partial charge on any atom is -0.495 e. The first-order chi connectivity index (χ1) is 18.2. The summed E-state index contributed by atoms with van der Waals surface area (Å²) in [5.74, 6) is 1.19. The van der Waals surface area contributed by atoms with E-state index in [0.29, 0.717) is 28.7 Å². The second-order valence-corrected chi connectivity index (χ2v) is 9.50. The van der Waals surface area contributed by atoms with Crippen LogP contribution in [0.5, 0.6) is 11.5 Å². The van der Waals surface area contributed by atoms with Crippen molar-refractivity contribution < 1.29 is 14.3 Å². The number of pyridine rings is 1. The van der Waals surface area contributed by atoms with E-state index in [1.54, 1.807) is 25.3 Å². The van der Waals surface area contributed by atoms with Crippen molar-refractivity contribution in [2.24, 2.45) is 0 Å². The van der Waals surface area contributed by atoms with E-state index in [2.05, 4.69) is 29.2 Å². The van der Waals surface area contributed by atoms with Gasteiger partial charge in [-0.15, -0.1) is 0 Å². The summed E-state index contributed by atoms with van der Waals surface area (Å²) in [6.07, 6.45) is 2.02. The molecule has 0 aliphatic heterocycles. The number of carbonyl (C=O) groups is 1. The smallest absolute Gasteiger partial charge is 0.230 e. The van der Waals surface area contributed by atoms with Gasteiger partial charge in [0.25, 0.3) is 0 Å². The van der Waals surface area contributed by atoms with E-state index in [-0.39, 0.29) is 18.2 Å². The van der Waals surface area contributed by atoms with Crippen LogP contribution >= 0.6 is 11.3 Å². The molecule has 0 N–H and O–H groups in total. The van der Waals surface area contributed by atoms with Crippen LogP contribution in [0.3, 0.4) is 0 Å². The van der Waals surface area contributed by atoms with Crippen molar-refractivity contribution in [3.8, 4) is 11.5 Å². The molecule has 5 rings (SSSR count). The molecule has 0 aliphatic carbocycles. The fourth-order valence-electron chi connectivity index (χ4n) is 4.39. The van der Waals surface area contributed by atoms with E-state index in [1.807, 2.05) is 66.7 Å². The summed E-state index contributed by atoms with van der Waals surface area (Å²) < 4.78 is 12.0. The molecule has 1 amide bonds. The Balaban J connectivity index is 1.56. The number of aromatic nitrogens is 2. The van der Waals surface area contributed by atoms with Crippen molar-refractivity contribution in [1.29, 1.82) is 0 Å². The third-order valence-electron chi connectivity index (χ3n) is 6.26. The van der Waals surface area contributed by atoms with Crippen LogP contribution in [0.25, 0.3) is 10.2 Å². The van der Waals surface area contributed by atoms with Gasteiger partial charge < -0.3 is 9.47 Å². The van der Waals surface area contributed by atoms with Gasteiger partial charge in [0.2, 0.25) is 5.91 Å². The molecule has 0 radical (unpaired) electrons. The fraction of sp³-hybridized carbons (Fsp3) is 0.167. The van der Waals surface area contributed by atoms with Crippen LogP contribution < -0.4 is 14.4 Å². The van der Waals surface area contributed by atoms with Gasteiger partial charge >= 0.3 is 0 Å². The lowest BCUT2D eigenvalue weighted by atomic mass is 9.88. The van der Waals surface area contributed by atoms with Gasteiger partial charge in [-0.25, -0.2) is 4.98 Å². The van der Waals surface area contributed by atoms with Gasteiger partial charge in [0, 0.05) is 18.5 Å². The monoisotopic (exact) mass is 509 g/mol. The zero-order valence-corrected chi connectivity index (χ0v) is 21.5. The van der Waals surface area contributed by atoms with Crippen molar-refractivity contribution in [2.75, 3.05) is 19.1 Å². The number of hydrogen-bond donors (Lipinski definition) is 0. The van der Waals surface area contributed by atoms with Crippen LogP contribution in [0, 0.1) is 0 Å². The number of methoxy groups -OCH3 is 2. The highest BCUT2D eigenvalue weighted by atomic mass is 32.1. The maximum Gasteiger partial charge on any atom is 0.230 e. The molecule has 0 atom stereocenters. The number of amides is 1. The van der Waals surface area contributed by atoms with Crippen LogP contribution in [0.1, 0.15) is 29.2 Å². The molecule has 6 nitrogen and oxygen atoms in total. The molecule has 0 saturated heterocycles. The second-order valence-electron chi connectivity index (χ2n) is 8.52. The van der Waals surface area contributed by atoms with E-state index in [1.165, 1.54) is 11.3 Å². The molecular weight excluding hydrogens is 482 g/mol. The Kier molecular flexibility index (Phi) is 7.42. The summed E-state index contributed by atoms with van der Waals surface area (Å²) in [6, 6.07) is 29.7. The molecule has 0 fully saturated rings. The van der Waals surface area contributed by atoms with Gasteiger partial charge in [-0.05, 0) is 35.4 Å². The Morgan fingerprint density at radius 1 is 0.838 bits per heavy atom. The fourth-order valence-corrected chi connectivity index (χ4v) is 5.48. The molecule has 0 bridgehead atoms. The topological polar surface area (TPSA) is 64.6 Å². The average Bonchev–Trinajstić information content (AvgIpc) is 3.41. The number of fused-ring (bicyclic) bond motifs is 1. The molecule has 5 aromatic rings. The zero-order valence-electron chi connectivity index (χ0n) is 20.7. The molecule has 0 saturated carbocycles. The van der Waals surface area contributed by atoms with Crippen LogP contribution in [0.2, 0.25) is 0 Å². The second kappa shape index (κ2) is 11.2. The highest BCUT2D eigenvalue weighted by Gasteiger charge is 2.27. The van der Waals surface area contributed by atoms with Gasteiger partial charge in [-0.3, -0.25) is 14.7 Å². The number of thiazole rings is 1. The first-order valence-electron chi connectivity index (χ1n) is 12.0. The lowest BCUT2D eigenvalue weighted by molar-refractivity contribution is -0.119. The first kappa shape index (κ1) is 24.5. The minimum absolute atomic E-state index is 0.0413. The molecule has 0 spiro atoms. The normalized spacial score (nSPS) is 11.0. The molecule has 186 valence electrons. The molecule has 0 aliphatic rings. The highest BCUT2D eigenvalue weighted by Crippen LogP contribution is 2.41. The van der Waals surface area contributed by atoms with Crippen LogP contribution in [0.15, 0.2) is 97.2 Å². The Labute approximate surface area is 220 Å². The predicted molar refractivity (Wildman–Crippen MR) is 147 cm³/mol. The van der Waals surface area contributed by atoms with Gasteiger partial charge in [0.15, 0.2) is 5.13 Å². The summed E-state index contributed by atoms with van der Waals surface area (Å²) in [4.78, 5) is 25.2. The summed E-state index contributed by atoms with van der Waals surface area (Å²) in [6.45, 7) is 0.306. The van der Waals surface area contributed by atoms with Gasteiger partial charge in [-0.1, -0.05) is 78.1 Å². The summed E-state index contributed by atoms with van der Waals surface area (Å²) in [7, 11) is 3.24. The van der Waals surface area contributed by atoms with Crippen LogP contribution in [-0.2, 0) is 11.3 Å². The van der Waals surface area contributed by atoms with Crippen LogP contribution in [0.4, 0.5) is 5.13 Å². The van der Waals surface area contributed by atoms with E-state index in [0.717, 1.165) is 21.5 Å². The lowest BCUT2D eigenvalue weighted by Crippen LogP contribution is -2.32.